The minimum atomic E-state index is -0.756. The Bertz CT molecular complexity index is 959. The molecule has 3 aromatic rings. The third-order valence-corrected chi connectivity index (χ3v) is 4.66. The average Bonchev–Trinajstić information content (AvgIpc) is 3.05. The van der Waals surface area contributed by atoms with Crippen LogP contribution >= 0.6 is 0 Å². The number of aromatic amines is 1. The van der Waals surface area contributed by atoms with Crippen molar-refractivity contribution in [2.45, 2.75) is 26.3 Å². The van der Waals surface area contributed by atoms with Gasteiger partial charge in [-0.3, -0.25) is 4.79 Å². The Labute approximate surface area is 152 Å². The molecule has 0 spiro atoms. The number of aryl methyl sites for hydroxylation is 2. The first-order valence-corrected chi connectivity index (χ1v) is 8.50. The smallest absolute Gasteiger partial charge is 0.328 e. The van der Waals surface area contributed by atoms with Crippen LogP contribution in [0.2, 0.25) is 0 Å². The molecule has 134 valence electrons. The molecule has 3 rings (SSSR count). The number of carbonyl (C=O) groups is 2. The van der Waals surface area contributed by atoms with E-state index in [2.05, 4.69) is 10.3 Å². The van der Waals surface area contributed by atoms with Crippen LogP contribution in [-0.4, -0.2) is 30.0 Å². The number of hydrogen-bond acceptors (Lipinski definition) is 3. The highest BCUT2D eigenvalue weighted by atomic mass is 16.5. The third kappa shape index (κ3) is 3.61. The predicted octanol–water partition coefficient (Wildman–Crippen LogP) is 3.30. The monoisotopic (exact) mass is 350 g/mol. The van der Waals surface area contributed by atoms with E-state index >= 15 is 0 Å². The first-order valence-electron chi connectivity index (χ1n) is 8.50. The summed E-state index contributed by atoms with van der Waals surface area (Å²) in [5.74, 6) is -0.754. The Morgan fingerprint density at radius 2 is 1.88 bits per heavy atom. The van der Waals surface area contributed by atoms with Gasteiger partial charge in [-0.15, -0.1) is 0 Å². The van der Waals surface area contributed by atoms with Crippen LogP contribution in [0.1, 0.15) is 27.0 Å². The van der Waals surface area contributed by atoms with Gasteiger partial charge in [0.1, 0.15) is 6.04 Å². The molecular weight excluding hydrogens is 328 g/mol. The van der Waals surface area contributed by atoms with Gasteiger partial charge in [-0.2, -0.15) is 0 Å². The van der Waals surface area contributed by atoms with E-state index in [9.17, 15) is 9.59 Å². The summed E-state index contributed by atoms with van der Waals surface area (Å²) in [6.45, 7) is 3.95. The lowest BCUT2D eigenvalue weighted by Crippen LogP contribution is -2.43. The molecule has 1 aromatic heterocycles. The van der Waals surface area contributed by atoms with Gasteiger partial charge >= 0.3 is 5.97 Å². The fourth-order valence-corrected chi connectivity index (χ4v) is 2.98. The predicted molar refractivity (Wildman–Crippen MR) is 101 cm³/mol. The number of methoxy groups -OCH3 is 1. The fraction of sp³-hybridized carbons (Fsp3) is 0.238. The van der Waals surface area contributed by atoms with Crippen LogP contribution in [0.5, 0.6) is 0 Å². The molecule has 1 atom stereocenters. The van der Waals surface area contributed by atoms with Crippen molar-refractivity contribution in [2.24, 2.45) is 0 Å². The summed E-state index contributed by atoms with van der Waals surface area (Å²) in [6.07, 6.45) is 2.22. The Kier molecular flexibility index (Phi) is 5.07. The van der Waals surface area contributed by atoms with E-state index in [0.717, 1.165) is 27.6 Å². The van der Waals surface area contributed by atoms with Gasteiger partial charge in [0.15, 0.2) is 0 Å². The van der Waals surface area contributed by atoms with Crippen molar-refractivity contribution in [1.29, 1.82) is 0 Å². The molecule has 2 N–H and O–H groups in total. The summed E-state index contributed by atoms with van der Waals surface area (Å²) < 4.78 is 4.89. The molecule has 5 heteroatoms. The van der Waals surface area contributed by atoms with Gasteiger partial charge in [-0.25, -0.2) is 4.79 Å². The van der Waals surface area contributed by atoms with Crippen LogP contribution in [-0.2, 0) is 16.0 Å². The van der Waals surface area contributed by atoms with Gasteiger partial charge in [0, 0.05) is 29.1 Å². The standard InChI is InChI=1S/C21H22N2O3/c1-13-8-9-15(10-14(13)2)20(24)23-19(21(25)26-3)11-16-12-22-18-7-5-4-6-17(16)18/h4-10,12,19,22H,11H2,1-3H3,(H,23,24). The number of fused-ring (bicyclic) bond motifs is 1. The van der Waals surface area contributed by atoms with Gasteiger partial charge in [0.05, 0.1) is 7.11 Å². The number of carbonyl (C=O) groups excluding carboxylic acids is 2. The topological polar surface area (TPSA) is 71.2 Å². The Hall–Kier alpha value is -3.08. The van der Waals surface area contributed by atoms with Crippen LogP contribution in [0.3, 0.4) is 0 Å². The quantitative estimate of drug-likeness (QED) is 0.694. The molecule has 5 nitrogen and oxygen atoms in total. The molecule has 1 heterocycles. The normalized spacial score (nSPS) is 12.0. The van der Waals surface area contributed by atoms with Crippen molar-refractivity contribution in [3.63, 3.8) is 0 Å². The summed E-state index contributed by atoms with van der Waals surface area (Å²) in [6, 6.07) is 12.6. The Balaban J connectivity index is 1.83. The van der Waals surface area contributed by atoms with Gasteiger partial charge in [0.2, 0.25) is 0 Å². The molecule has 0 fully saturated rings. The summed E-state index contributed by atoms with van der Waals surface area (Å²) in [7, 11) is 1.33. The van der Waals surface area contributed by atoms with Gasteiger partial charge in [-0.1, -0.05) is 24.3 Å². The maximum atomic E-state index is 12.6. The molecule has 0 aliphatic heterocycles. The fourth-order valence-electron chi connectivity index (χ4n) is 2.98. The summed E-state index contributed by atoms with van der Waals surface area (Å²) in [5.41, 5.74) is 4.62. The van der Waals surface area contributed by atoms with E-state index in [1.807, 2.05) is 56.4 Å². The number of esters is 1. The lowest BCUT2D eigenvalue weighted by atomic mass is 10.0. The largest absolute Gasteiger partial charge is 0.467 e. The lowest BCUT2D eigenvalue weighted by molar-refractivity contribution is -0.142. The first-order chi connectivity index (χ1) is 12.5. The number of amides is 1. The highest BCUT2D eigenvalue weighted by molar-refractivity contribution is 5.97. The number of H-pyrrole nitrogens is 1. The molecule has 0 saturated carbocycles. The molecule has 0 bridgehead atoms. The molecular formula is C21H22N2O3. The van der Waals surface area contributed by atoms with Crippen LogP contribution in [0, 0.1) is 13.8 Å². The number of rotatable bonds is 5. The van der Waals surface area contributed by atoms with Gasteiger partial charge < -0.3 is 15.0 Å². The number of para-hydroxylation sites is 1. The maximum absolute atomic E-state index is 12.6. The van der Waals surface area contributed by atoms with Crippen LogP contribution in [0.15, 0.2) is 48.7 Å². The molecule has 1 unspecified atom stereocenters. The summed E-state index contributed by atoms with van der Waals surface area (Å²) >= 11 is 0. The second-order valence-electron chi connectivity index (χ2n) is 6.41. The molecule has 0 saturated heterocycles. The molecule has 2 aromatic carbocycles. The minimum Gasteiger partial charge on any atom is -0.467 e. The number of ether oxygens (including phenoxy) is 1. The molecule has 0 aliphatic carbocycles. The van der Waals surface area contributed by atoms with Crippen molar-refractivity contribution in [3.05, 3.63) is 70.9 Å². The van der Waals surface area contributed by atoms with Gasteiger partial charge in [-0.05, 0) is 48.7 Å². The zero-order chi connectivity index (χ0) is 18.7. The molecule has 1 amide bonds. The van der Waals surface area contributed by atoms with Crippen molar-refractivity contribution in [3.8, 4) is 0 Å². The second kappa shape index (κ2) is 7.44. The Morgan fingerprint density at radius 3 is 2.62 bits per heavy atom. The van der Waals surface area contributed by atoms with E-state index in [-0.39, 0.29) is 5.91 Å². The summed E-state index contributed by atoms with van der Waals surface area (Å²) in [5, 5.41) is 3.84. The highest BCUT2D eigenvalue weighted by Gasteiger charge is 2.24. The molecule has 0 radical (unpaired) electrons. The van der Waals surface area contributed by atoms with Crippen molar-refractivity contribution in [1.82, 2.24) is 10.3 Å². The number of hydrogen-bond donors (Lipinski definition) is 2. The van der Waals surface area contributed by atoms with Gasteiger partial charge in [0.25, 0.3) is 5.91 Å². The van der Waals surface area contributed by atoms with Crippen molar-refractivity contribution < 1.29 is 14.3 Å². The van der Waals surface area contributed by atoms with Crippen LogP contribution < -0.4 is 5.32 Å². The lowest BCUT2D eigenvalue weighted by Gasteiger charge is -2.17. The molecule has 26 heavy (non-hydrogen) atoms. The molecule has 0 aliphatic rings. The van der Waals surface area contributed by atoms with E-state index in [1.165, 1.54) is 7.11 Å². The number of aromatic nitrogens is 1. The van der Waals surface area contributed by atoms with Crippen LogP contribution in [0.4, 0.5) is 0 Å². The minimum absolute atomic E-state index is 0.289. The second-order valence-corrected chi connectivity index (χ2v) is 6.41. The first kappa shape index (κ1) is 17.7. The van der Waals surface area contributed by atoms with E-state index in [1.54, 1.807) is 6.07 Å². The number of nitrogens with one attached hydrogen (secondary N) is 2. The van der Waals surface area contributed by atoms with E-state index in [0.29, 0.717) is 12.0 Å². The van der Waals surface area contributed by atoms with E-state index < -0.39 is 12.0 Å². The van der Waals surface area contributed by atoms with Crippen molar-refractivity contribution in [2.75, 3.05) is 7.11 Å². The average molecular weight is 350 g/mol. The van der Waals surface area contributed by atoms with Crippen molar-refractivity contribution >= 4 is 22.8 Å². The zero-order valence-electron chi connectivity index (χ0n) is 15.1. The van der Waals surface area contributed by atoms with Crippen LogP contribution in [0.25, 0.3) is 10.9 Å². The highest BCUT2D eigenvalue weighted by Crippen LogP contribution is 2.19. The summed E-state index contributed by atoms with van der Waals surface area (Å²) in [4.78, 5) is 28.0. The Morgan fingerprint density at radius 1 is 1.12 bits per heavy atom. The zero-order valence-corrected chi connectivity index (χ0v) is 15.1. The number of benzene rings is 2. The van der Waals surface area contributed by atoms with E-state index in [4.69, 9.17) is 4.74 Å². The SMILES string of the molecule is COC(=O)C(Cc1c[nH]c2ccccc12)NC(=O)c1ccc(C)c(C)c1. The maximum Gasteiger partial charge on any atom is 0.328 e. The third-order valence-electron chi connectivity index (χ3n) is 4.66.